The first-order valence-corrected chi connectivity index (χ1v) is 11.5. The van der Waals surface area contributed by atoms with Gasteiger partial charge in [-0.05, 0) is 54.3 Å². The Hall–Kier alpha value is -1.84. The highest BCUT2D eigenvalue weighted by molar-refractivity contribution is 5.85. The van der Waals surface area contributed by atoms with Crippen molar-refractivity contribution in [3.63, 3.8) is 0 Å². The summed E-state index contributed by atoms with van der Waals surface area (Å²) in [5, 5.41) is 3.22. The fourth-order valence-electron chi connectivity index (χ4n) is 4.85. The molecule has 2 aromatic carbocycles. The van der Waals surface area contributed by atoms with E-state index in [1.54, 1.807) is 0 Å². The number of nitrogens with zero attached hydrogens (tertiary/aromatic N) is 1. The summed E-state index contributed by atoms with van der Waals surface area (Å²) in [6, 6.07) is 19.2. The van der Waals surface area contributed by atoms with E-state index >= 15 is 0 Å². The fraction of sp³-hybridized carbons (Fsp3) is 0.519. The summed E-state index contributed by atoms with van der Waals surface area (Å²) in [6.45, 7) is 9.27. The SMILES string of the molecule is CC(C)[C@@H]1CC[C@@H](C)C[C@H]1C(=O)NCc1ccc(CN(C)Cc2ccccc2)cc1.Cl. The molecule has 31 heavy (non-hydrogen) atoms. The summed E-state index contributed by atoms with van der Waals surface area (Å²) < 4.78 is 0. The maximum Gasteiger partial charge on any atom is 0.223 e. The van der Waals surface area contributed by atoms with Gasteiger partial charge in [-0.25, -0.2) is 0 Å². The minimum absolute atomic E-state index is 0. The number of rotatable bonds is 8. The van der Waals surface area contributed by atoms with Gasteiger partial charge >= 0.3 is 0 Å². The third kappa shape index (κ3) is 7.66. The molecule has 3 rings (SSSR count). The number of amides is 1. The van der Waals surface area contributed by atoms with E-state index in [9.17, 15) is 4.79 Å². The highest BCUT2D eigenvalue weighted by Gasteiger charge is 2.35. The van der Waals surface area contributed by atoms with Gasteiger partial charge in [-0.1, -0.05) is 81.8 Å². The molecule has 0 spiro atoms. The molecule has 1 N–H and O–H groups in total. The van der Waals surface area contributed by atoms with Crippen molar-refractivity contribution in [2.75, 3.05) is 7.05 Å². The van der Waals surface area contributed by atoms with Gasteiger partial charge in [0.05, 0.1) is 0 Å². The lowest BCUT2D eigenvalue weighted by atomic mass is 9.70. The van der Waals surface area contributed by atoms with Crippen LogP contribution in [0, 0.1) is 23.7 Å². The standard InChI is InChI=1S/C27H38N2O.ClH/c1-20(2)25-15-10-21(3)16-26(25)27(30)28-17-22-11-13-24(14-12-22)19-29(4)18-23-8-6-5-7-9-23;/h5-9,11-14,20-21,25-26H,10,15-19H2,1-4H3,(H,28,30);1H/t21-,25+,26-;/m1./s1. The molecule has 0 radical (unpaired) electrons. The molecule has 1 aliphatic carbocycles. The topological polar surface area (TPSA) is 32.3 Å². The molecule has 0 unspecified atom stereocenters. The second-order valence-corrected chi connectivity index (χ2v) is 9.62. The second-order valence-electron chi connectivity index (χ2n) is 9.62. The van der Waals surface area contributed by atoms with Gasteiger partial charge in [-0.3, -0.25) is 9.69 Å². The van der Waals surface area contributed by atoms with Crippen LogP contribution in [0.15, 0.2) is 54.6 Å². The minimum Gasteiger partial charge on any atom is -0.352 e. The lowest BCUT2D eigenvalue weighted by Gasteiger charge is -2.36. The van der Waals surface area contributed by atoms with E-state index in [1.807, 2.05) is 0 Å². The Morgan fingerprint density at radius 2 is 1.55 bits per heavy atom. The number of hydrogen-bond donors (Lipinski definition) is 1. The molecule has 1 fully saturated rings. The summed E-state index contributed by atoms with van der Waals surface area (Å²) in [7, 11) is 2.15. The first-order chi connectivity index (χ1) is 14.4. The number of carbonyl (C=O) groups excluding carboxylic acids is 1. The summed E-state index contributed by atoms with van der Waals surface area (Å²) in [6.07, 6.45) is 3.47. The Bertz CT molecular complexity index is 791. The van der Waals surface area contributed by atoms with Gasteiger partial charge in [0.1, 0.15) is 0 Å². The maximum atomic E-state index is 12.9. The first kappa shape index (κ1) is 25.4. The largest absolute Gasteiger partial charge is 0.352 e. The summed E-state index contributed by atoms with van der Waals surface area (Å²) in [5.41, 5.74) is 3.79. The third-order valence-electron chi connectivity index (χ3n) is 6.60. The van der Waals surface area contributed by atoms with Crippen molar-refractivity contribution in [2.45, 2.75) is 59.7 Å². The van der Waals surface area contributed by atoms with E-state index in [1.165, 1.54) is 29.5 Å². The van der Waals surface area contributed by atoms with Gasteiger partial charge in [0, 0.05) is 25.6 Å². The summed E-state index contributed by atoms with van der Waals surface area (Å²) in [4.78, 5) is 15.2. The van der Waals surface area contributed by atoms with Crippen LogP contribution in [-0.4, -0.2) is 17.9 Å². The average molecular weight is 443 g/mol. The van der Waals surface area contributed by atoms with E-state index < -0.39 is 0 Å². The third-order valence-corrected chi connectivity index (χ3v) is 6.60. The Morgan fingerprint density at radius 3 is 2.16 bits per heavy atom. The molecule has 0 aromatic heterocycles. The van der Waals surface area contributed by atoms with Gasteiger partial charge < -0.3 is 5.32 Å². The number of halogens is 1. The smallest absolute Gasteiger partial charge is 0.223 e. The molecule has 3 atom stereocenters. The van der Waals surface area contributed by atoms with Crippen LogP contribution in [-0.2, 0) is 24.4 Å². The van der Waals surface area contributed by atoms with Gasteiger partial charge in [0.2, 0.25) is 5.91 Å². The van der Waals surface area contributed by atoms with Crippen molar-refractivity contribution in [1.29, 1.82) is 0 Å². The van der Waals surface area contributed by atoms with E-state index in [0.29, 0.717) is 24.3 Å². The fourth-order valence-corrected chi connectivity index (χ4v) is 4.85. The number of carbonyl (C=O) groups is 1. The molecule has 170 valence electrons. The monoisotopic (exact) mass is 442 g/mol. The quantitative estimate of drug-likeness (QED) is 0.538. The molecule has 4 heteroatoms. The van der Waals surface area contributed by atoms with E-state index in [2.05, 4.69) is 92.6 Å². The predicted octanol–water partition coefficient (Wildman–Crippen LogP) is 6.07. The summed E-state index contributed by atoms with van der Waals surface area (Å²) >= 11 is 0. The van der Waals surface area contributed by atoms with Crippen LogP contribution in [0.25, 0.3) is 0 Å². The molecular formula is C27H39ClN2O. The molecule has 1 saturated carbocycles. The van der Waals surface area contributed by atoms with Crippen molar-refractivity contribution in [3.8, 4) is 0 Å². The molecule has 0 bridgehead atoms. The van der Waals surface area contributed by atoms with Crippen molar-refractivity contribution in [3.05, 3.63) is 71.3 Å². The average Bonchev–Trinajstić information content (AvgIpc) is 2.73. The number of benzene rings is 2. The zero-order valence-electron chi connectivity index (χ0n) is 19.5. The van der Waals surface area contributed by atoms with Crippen LogP contribution in [0.5, 0.6) is 0 Å². The Kier molecular flexibility index (Phi) is 10.1. The molecule has 0 aliphatic heterocycles. The molecular weight excluding hydrogens is 404 g/mol. The van der Waals surface area contributed by atoms with E-state index in [0.717, 1.165) is 19.5 Å². The molecule has 0 heterocycles. The minimum atomic E-state index is 0. The van der Waals surface area contributed by atoms with Crippen molar-refractivity contribution in [1.82, 2.24) is 10.2 Å². The van der Waals surface area contributed by atoms with Gasteiger partial charge in [0.25, 0.3) is 0 Å². The highest BCUT2D eigenvalue weighted by Crippen LogP contribution is 2.38. The van der Waals surface area contributed by atoms with Crippen LogP contribution in [0.1, 0.15) is 56.7 Å². The number of hydrogen-bond acceptors (Lipinski definition) is 2. The van der Waals surface area contributed by atoms with E-state index in [-0.39, 0.29) is 24.2 Å². The van der Waals surface area contributed by atoms with Gasteiger partial charge in [-0.15, -0.1) is 12.4 Å². The molecule has 2 aromatic rings. The Labute approximate surface area is 195 Å². The zero-order valence-corrected chi connectivity index (χ0v) is 20.3. The predicted molar refractivity (Wildman–Crippen MR) is 132 cm³/mol. The van der Waals surface area contributed by atoms with Crippen LogP contribution in [0.4, 0.5) is 0 Å². The maximum absolute atomic E-state index is 12.9. The highest BCUT2D eigenvalue weighted by atomic mass is 35.5. The van der Waals surface area contributed by atoms with E-state index in [4.69, 9.17) is 0 Å². The molecule has 0 saturated heterocycles. The normalized spacial score (nSPS) is 21.0. The van der Waals surface area contributed by atoms with Gasteiger partial charge in [-0.2, -0.15) is 0 Å². The van der Waals surface area contributed by atoms with Gasteiger partial charge in [0.15, 0.2) is 0 Å². The molecule has 1 amide bonds. The lowest BCUT2D eigenvalue weighted by molar-refractivity contribution is -0.129. The Balaban J connectivity index is 0.00000341. The van der Waals surface area contributed by atoms with Crippen LogP contribution in [0.3, 0.4) is 0 Å². The summed E-state index contributed by atoms with van der Waals surface area (Å²) in [5.74, 6) is 2.15. The number of nitrogens with one attached hydrogen (secondary N) is 1. The first-order valence-electron chi connectivity index (χ1n) is 11.5. The second kappa shape index (κ2) is 12.3. The zero-order chi connectivity index (χ0) is 21.5. The Morgan fingerprint density at radius 1 is 0.968 bits per heavy atom. The van der Waals surface area contributed by atoms with Crippen LogP contribution in [0.2, 0.25) is 0 Å². The molecule has 1 aliphatic rings. The van der Waals surface area contributed by atoms with Crippen molar-refractivity contribution < 1.29 is 4.79 Å². The lowest BCUT2D eigenvalue weighted by Crippen LogP contribution is -2.39. The van der Waals surface area contributed by atoms with Crippen LogP contribution >= 0.6 is 12.4 Å². The molecule has 3 nitrogen and oxygen atoms in total. The van der Waals surface area contributed by atoms with Crippen LogP contribution < -0.4 is 5.32 Å². The van der Waals surface area contributed by atoms with Crippen molar-refractivity contribution >= 4 is 18.3 Å². The van der Waals surface area contributed by atoms with Crippen molar-refractivity contribution in [2.24, 2.45) is 23.7 Å².